The van der Waals surface area contributed by atoms with E-state index in [4.69, 9.17) is 9.47 Å². The van der Waals surface area contributed by atoms with Crippen LogP contribution in [0, 0.1) is 0 Å². The molecule has 2 heterocycles. The number of aromatic nitrogens is 1. The van der Waals surface area contributed by atoms with Gasteiger partial charge in [-0.05, 0) is 29.8 Å². The zero-order chi connectivity index (χ0) is 21.7. The molecule has 8 heteroatoms. The van der Waals surface area contributed by atoms with E-state index in [2.05, 4.69) is 4.98 Å². The third kappa shape index (κ3) is 4.99. The molecule has 0 N–H and O–H groups in total. The number of para-hydroxylation sites is 1. The molecule has 1 aliphatic heterocycles. The molecule has 3 aromatic rings. The molecule has 1 aliphatic rings. The lowest BCUT2D eigenvalue weighted by Gasteiger charge is -2.26. The summed E-state index contributed by atoms with van der Waals surface area (Å²) < 4.78 is 37.3. The number of morpholine rings is 1. The van der Waals surface area contributed by atoms with E-state index in [1.54, 1.807) is 24.4 Å². The SMILES string of the molecule is O=C(/C=C/c1ccc(S(=O)(=O)N2CCOCC2)cc1)OCc1cccc2cccnc12. The lowest BCUT2D eigenvalue weighted by atomic mass is 10.1. The molecule has 0 bridgehead atoms. The Morgan fingerprint density at radius 3 is 2.58 bits per heavy atom. The van der Waals surface area contributed by atoms with Crippen LogP contribution in [-0.4, -0.2) is 50.0 Å². The Morgan fingerprint density at radius 1 is 1.06 bits per heavy atom. The first-order valence-electron chi connectivity index (χ1n) is 9.89. The van der Waals surface area contributed by atoms with Crippen LogP contribution in [0.1, 0.15) is 11.1 Å². The highest BCUT2D eigenvalue weighted by Gasteiger charge is 2.25. The molecule has 0 atom stereocenters. The highest BCUT2D eigenvalue weighted by atomic mass is 32.2. The molecule has 160 valence electrons. The lowest BCUT2D eigenvalue weighted by Crippen LogP contribution is -2.40. The van der Waals surface area contributed by atoms with E-state index in [9.17, 15) is 13.2 Å². The number of carbonyl (C=O) groups is 1. The molecule has 0 amide bonds. The van der Waals surface area contributed by atoms with E-state index >= 15 is 0 Å². The van der Waals surface area contributed by atoms with Crippen molar-refractivity contribution in [3.05, 3.63) is 78.0 Å². The summed E-state index contributed by atoms with van der Waals surface area (Å²) in [5, 5.41) is 0.985. The first-order valence-corrected chi connectivity index (χ1v) is 11.3. The Labute approximate surface area is 181 Å². The molecule has 1 aromatic heterocycles. The number of esters is 1. The highest BCUT2D eigenvalue weighted by molar-refractivity contribution is 7.89. The van der Waals surface area contributed by atoms with Crippen molar-refractivity contribution in [2.75, 3.05) is 26.3 Å². The summed E-state index contributed by atoms with van der Waals surface area (Å²) in [6.45, 7) is 1.62. The van der Waals surface area contributed by atoms with Crippen molar-refractivity contribution >= 4 is 33.0 Å². The molecular formula is C23H22N2O5S. The molecule has 0 radical (unpaired) electrons. The van der Waals surface area contributed by atoms with Gasteiger partial charge in [-0.3, -0.25) is 4.98 Å². The number of hydrogen-bond donors (Lipinski definition) is 0. The smallest absolute Gasteiger partial charge is 0.331 e. The molecule has 1 saturated heterocycles. The first-order chi connectivity index (χ1) is 15.0. The van der Waals surface area contributed by atoms with Gasteiger partial charge in [-0.2, -0.15) is 4.31 Å². The van der Waals surface area contributed by atoms with Crippen molar-refractivity contribution in [3.8, 4) is 0 Å². The molecule has 2 aromatic carbocycles. The van der Waals surface area contributed by atoms with Crippen LogP contribution in [0.25, 0.3) is 17.0 Å². The molecule has 4 rings (SSSR count). The Bertz CT molecular complexity index is 1190. The maximum atomic E-state index is 12.7. The van der Waals surface area contributed by atoms with Crippen LogP contribution in [0.3, 0.4) is 0 Å². The number of benzene rings is 2. The molecule has 31 heavy (non-hydrogen) atoms. The second-order valence-electron chi connectivity index (χ2n) is 7.02. The molecule has 7 nitrogen and oxygen atoms in total. The van der Waals surface area contributed by atoms with E-state index < -0.39 is 16.0 Å². The third-order valence-corrected chi connectivity index (χ3v) is 6.90. The summed E-state index contributed by atoms with van der Waals surface area (Å²) in [6, 6.07) is 15.9. The Hall–Kier alpha value is -3.07. The van der Waals surface area contributed by atoms with Crippen molar-refractivity contribution in [2.24, 2.45) is 0 Å². The van der Waals surface area contributed by atoms with Gasteiger partial charge in [-0.1, -0.05) is 36.4 Å². The van der Waals surface area contributed by atoms with E-state index in [-0.39, 0.29) is 11.5 Å². The molecule has 0 aliphatic carbocycles. The fourth-order valence-electron chi connectivity index (χ4n) is 3.33. The van der Waals surface area contributed by atoms with Gasteiger partial charge in [0.05, 0.1) is 23.6 Å². The van der Waals surface area contributed by atoms with Gasteiger partial charge in [-0.15, -0.1) is 0 Å². The maximum absolute atomic E-state index is 12.7. The van der Waals surface area contributed by atoms with E-state index in [1.165, 1.54) is 22.5 Å². The Kier molecular flexibility index (Phi) is 6.41. The van der Waals surface area contributed by atoms with Gasteiger partial charge in [0.2, 0.25) is 10.0 Å². The molecule has 0 spiro atoms. The van der Waals surface area contributed by atoms with Gasteiger partial charge >= 0.3 is 5.97 Å². The third-order valence-electron chi connectivity index (χ3n) is 4.99. The summed E-state index contributed by atoms with van der Waals surface area (Å²) in [5.41, 5.74) is 2.33. The number of pyridine rings is 1. The second-order valence-corrected chi connectivity index (χ2v) is 8.96. The predicted molar refractivity (Wildman–Crippen MR) is 117 cm³/mol. The van der Waals surface area contributed by atoms with Crippen LogP contribution in [-0.2, 0) is 30.9 Å². The van der Waals surface area contributed by atoms with Gasteiger partial charge < -0.3 is 9.47 Å². The number of carbonyl (C=O) groups excluding carboxylic acids is 1. The van der Waals surface area contributed by atoms with E-state index in [0.717, 1.165) is 16.5 Å². The zero-order valence-corrected chi connectivity index (χ0v) is 17.6. The lowest BCUT2D eigenvalue weighted by molar-refractivity contribution is -0.138. The minimum absolute atomic E-state index is 0.119. The van der Waals surface area contributed by atoms with Gasteiger partial charge in [-0.25, -0.2) is 13.2 Å². The molecule has 0 unspecified atom stereocenters. The van der Waals surface area contributed by atoms with Crippen LogP contribution in [0.5, 0.6) is 0 Å². The number of sulfonamides is 1. The van der Waals surface area contributed by atoms with Crippen LogP contribution in [0.15, 0.2) is 71.8 Å². The summed E-state index contributed by atoms with van der Waals surface area (Å²) in [6.07, 6.45) is 4.62. The van der Waals surface area contributed by atoms with Gasteiger partial charge in [0.1, 0.15) is 6.61 Å². The Morgan fingerprint density at radius 2 is 1.81 bits per heavy atom. The van der Waals surface area contributed by atoms with Crippen LogP contribution in [0.4, 0.5) is 0 Å². The summed E-state index contributed by atoms with van der Waals surface area (Å²) in [5.74, 6) is -0.488. The number of nitrogens with zero attached hydrogens (tertiary/aromatic N) is 2. The maximum Gasteiger partial charge on any atom is 0.331 e. The topological polar surface area (TPSA) is 85.8 Å². The minimum Gasteiger partial charge on any atom is -0.458 e. The standard InChI is InChI=1S/C23H22N2O5S/c26-22(30-17-20-4-1-3-19-5-2-12-24-23(19)20)11-8-18-6-9-21(10-7-18)31(27,28)25-13-15-29-16-14-25/h1-12H,13-17H2/b11-8+. The number of rotatable bonds is 6. The van der Waals surface area contributed by atoms with Crippen molar-refractivity contribution in [2.45, 2.75) is 11.5 Å². The van der Waals surface area contributed by atoms with Crippen LogP contribution >= 0.6 is 0 Å². The fraction of sp³-hybridized carbons (Fsp3) is 0.217. The monoisotopic (exact) mass is 438 g/mol. The molecule has 0 saturated carbocycles. The highest BCUT2D eigenvalue weighted by Crippen LogP contribution is 2.19. The molecular weight excluding hydrogens is 416 g/mol. The van der Waals surface area contributed by atoms with E-state index in [0.29, 0.717) is 31.9 Å². The second kappa shape index (κ2) is 9.38. The Balaban J connectivity index is 1.37. The van der Waals surface area contributed by atoms with Crippen molar-refractivity contribution in [1.82, 2.24) is 9.29 Å². The largest absolute Gasteiger partial charge is 0.458 e. The number of fused-ring (bicyclic) bond motifs is 1. The van der Waals surface area contributed by atoms with Crippen molar-refractivity contribution < 1.29 is 22.7 Å². The quantitative estimate of drug-likeness (QED) is 0.434. The normalized spacial score (nSPS) is 15.4. The molecule has 1 fully saturated rings. The van der Waals surface area contributed by atoms with Gasteiger partial charge in [0.15, 0.2) is 0 Å². The minimum atomic E-state index is -3.54. The summed E-state index contributed by atoms with van der Waals surface area (Å²) in [4.78, 5) is 16.7. The summed E-state index contributed by atoms with van der Waals surface area (Å²) >= 11 is 0. The zero-order valence-electron chi connectivity index (χ0n) is 16.8. The fourth-order valence-corrected chi connectivity index (χ4v) is 4.74. The first kappa shape index (κ1) is 21.2. The van der Waals surface area contributed by atoms with Crippen LogP contribution < -0.4 is 0 Å². The summed E-state index contributed by atoms with van der Waals surface area (Å²) in [7, 11) is -3.54. The van der Waals surface area contributed by atoms with Gasteiger partial charge in [0, 0.05) is 36.3 Å². The average molecular weight is 439 g/mol. The van der Waals surface area contributed by atoms with Crippen molar-refractivity contribution in [1.29, 1.82) is 0 Å². The predicted octanol–water partition coefficient (Wildman–Crippen LogP) is 3.01. The van der Waals surface area contributed by atoms with Gasteiger partial charge in [0.25, 0.3) is 0 Å². The number of ether oxygens (including phenoxy) is 2. The average Bonchev–Trinajstić information content (AvgIpc) is 2.82. The van der Waals surface area contributed by atoms with E-state index in [1.807, 2.05) is 30.3 Å². The van der Waals surface area contributed by atoms with Crippen LogP contribution in [0.2, 0.25) is 0 Å². The van der Waals surface area contributed by atoms with Crippen molar-refractivity contribution in [3.63, 3.8) is 0 Å². The number of hydrogen-bond acceptors (Lipinski definition) is 6.